The summed E-state index contributed by atoms with van der Waals surface area (Å²) in [7, 11) is -3.12. The summed E-state index contributed by atoms with van der Waals surface area (Å²) in [5.41, 5.74) is 1.22. The number of nitrogens with zero attached hydrogens (tertiary/aromatic N) is 3. The van der Waals surface area contributed by atoms with Gasteiger partial charge in [0.1, 0.15) is 0 Å². The van der Waals surface area contributed by atoms with E-state index in [1.807, 2.05) is 10.9 Å². The lowest BCUT2D eigenvalue weighted by Crippen LogP contribution is -2.39. The van der Waals surface area contributed by atoms with Gasteiger partial charge in [-0.25, -0.2) is 13.1 Å². The third-order valence-corrected chi connectivity index (χ3v) is 7.45. The van der Waals surface area contributed by atoms with E-state index < -0.39 is 10.0 Å². The minimum atomic E-state index is -3.12. The van der Waals surface area contributed by atoms with Crippen LogP contribution in [0.2, 0.25) is 0 Å². The molecular weight excluding hydrogens is 340 g/mol. The Kier molecular flexibility index (Phi) is 5.13. The standard InChI is InChI=1S/C17H28N4O3S/c22-25(23,17-1-2-17)19-9-15-11-20(10-14-4-7-24-8-5-14)13-16-3-6-18-21(16)12-15/h3,6,14-15,17,19H,1-2,4-5,7-13H2/t15-/m1/s1. The molecule has 1 aliphatic carbocycles. The average molecular weight is 369 g/mol. The summed E-state index contributed by atoms with van der Waals surface area (Å²) in [6, 6.07) is 2.08. The van der Waals surface area contributed by atoms with Gasteiger partial charge in [0.15, 0.2) is 0 Å². The quantitative estimate of drug-likeness (QED) is 0.805. The molecule has 7 nitrogen and oxygen atoms in total. The van der Waals surface area contributed by atoms with E-state index in [1.54, 1.807) is 0 Å². The van der Waals surface area contributed by atoms with Crippen LogP contribution in [-0.2, 0) is 27.8 Å². The van der Waals surface area contributed by atoms with Crippen LogP contribution in [0.15, 0.2) is 12.3 Å². The molecule has 2 fully saturated rings. The van der Waals surface area contributed by atoms with E-state index in [-0.39, 0.29) is 11.2 Å². The van der Waals surface area contributed by atoms with Gasteiger partial charge in [0, 0.05) is 58.1 Å². The zero-order valence-corrected chi connectivity index (χ0v) is 15.5. The summed E-state index contributed by atoms with van der Waals surface area (Å²) >= 11 is 0. The zero-order chi connectivity index (χ0) is 17.3. The van der Waals surface area contributed by atoms with E-state index in [2.05, 4.69) is 20.8 Å². The van der Waals surface area contributed by atoms with Gasteiger partial charge in [0.05, 0.1) is 10.9 Å². The number of rotatable bonds is 6. The Morgan fingerprint density at radius 1 is 1.16 bits per heavy atom. The second kappa shape index (κ2) is 7.34. The molecule has 0 amide bonds. The Balaban J connectivity index is 1.41. The van der Waals surface area contributed by atoms with Crippen LogP contribution in [-0.4, -0.2) is 61.2 Å². The summed E-state index contributed by atoms with van der Waals surface area (Å²) in [5.74, 6) is 0.918. The average Bonchev–Trinajstić information content (AvgIpc) is 3.39. The molecule has 1 saturated heterocycles. The van der Waals surface area contributed by atoms with Crippen LogP contribution in [0.3, 0.4) is 0 Å². The molecule has 0 unspecified atom stereocenters. The molecule has 1 aromatic rings. The molecule has 0 bridgehead atoms. The highest BCUT2D eigenvalue weighted by Gasteiger charge is 2.36. The number of nitrogens with one attached hydrogen (secondary N) is 1. The van der Waals surface area contributed by atoms with Gasteiger partial charge in [0.25, 0.3) is 0 Å². The fraction of sp³-hybridized carbons (Fsp3) is 0.824. The summed E-state index contributed by atoms with van der Waals surface area (Å²) in [6.45, 7) is 5.86. The Hall–Kier alpha value is -0.960. The van der Waals surface area contributed by atoms with Crippen LogP contribution in [0.5, 0.6) is 0 Å². The minimum Gasteiger partial charge on any atom is -0.381 e. The van der Waals surface area contributed by atoms with Crippen molar-refractivity contribution in [1.82, 2.24) is 19.4 Å². The maximum atomic E-state index is 12.2. The molecule has 1 N–H and O–H groups in total. The van der Waals surface area contributed by atoms with Crippen LogP contribution in [0.25, 0.3) is 0 Å². The molecule has 1 saturated carbocycles. The third-order valence-electron chi connectivity index (χ3n) is 5.53. The monoisotopic (exact) mass is 368 g/mol. The Bertz CT molecular complexity index is 680. The van der Waals surface area contributed by atoms with Crippen molar-refractivity contribution in [1.29, 1.82) is 0 Å². The first-order valence-electron chi connectivity index (χ1n) is 9.39. The number of ether oxygens (including phenoxy) is 1. The van der Waals surface area contributed by atoms with Gasteiger partial charge in [-0.15, -0.1) is 0 Å². The predicted octanol–water partition coefficient (Wildman–Crippen LogP) is 0.823. The van der Waals surface area contributed by atoms with Gasteiger partial charge in [-0.05, 0) is 37.7 Å². The van der Waals surface area contributed by atoms with E-state index in [9.17, 15) is 8.42 Å². The van der Waals surface area contributed by atoms with Crippen molar-refractivity contribution in [2.24, 2.45) is 11.8 Å². The summed E-state index contributed by atoms with van der Waals surface area (Å²) < 4.78 is 34.7. The predicted molar refractivity (Wildman–Crippen MR) is 94.5 cm³/mol. The number of sulfonamides is 1. The highest BCUT2D eigenvalue weighted by atomic mass is 32.2. The summed E-state index contributed by atoms with van der Waals surface area (Å²) in [6.07, 6.45) is 5.69. The third kappa shape index (κ3) is 4.42. The van der Waals surface area contributed by atoms with Gasteiger partial charge < -0.3 is 4.74 Å². The van der Waals surface area contributed by atoms with Gasteiger partial charge in [-0.3, -0.25) is 9.58 Å². The van der Waals surface area contributed by atoms with E-state index >= 15 is 0 Å². The molecule has 1 atom stereocenters. The molecular formula is C17H28N4O3S. The lowest BCUT2D eigenvalue weighted by Gasteiger charge is -2.30. The van der Waals surface area contributed by atoms with Crippen molar-refractivity contribution < 1.29 is 13.2 Å². The van der Waals surface area contributed by atoms with Gasteiger partial charge in [-0.1, -0.05) is 0 Å². The SMILES string of the molecule is O=S(=O)(NC[C@@H]1CN(CC2CCOCC2)Cc2ccnn2C1)C1CC1. The lowest BCUT2D eigenvalue weighted by molar-refractivity contribution is 0.0496. The number of fused-ring (bicyclic) bond motifs is 1. The Morgan fingerprint density at radius 2 is 1.96 bits per heavy atom. The summed E-state index contributed by atoms with van der Waals surface area (Å²) in [4.78, 5) is 2.48. The highest BCUT2D eigenvalue weighted by molar-refractivity contribution is 7.90. The molecule has 140 valence electrons. The number of hydrogen-bond donors (Lipinski definition) is 1. The first kappa shape index (κ1) is 17.5. The topological polar surface area (TPSA) is 76.5 Å². The van der Waals surface area contributed by atoms with Crippen LogP contribution >= 0.6 is 0 Å². The maximum Gasteiger partial charge on any atom is 0.214 e. The molecule has 0 radical (unpaired) electrons. The molecule has 3 aliphatic rings. The molecule has 0 aromatic carbocycles. The fourth-order valence-corrected chi connectivity index (χ4v) is 5.37. The molecule has 2 aliphatic heterocycles. The normalized spacial score (nSPS) is 26.3. The number of hydrogen-bond acceptors (Lipinski definition) is 5. The first-order valence-corrected chi connectivity index (χ1v) is 10.9. The Labute approximate surface area is 149 Å². The van der Waals surface area contributed by atoms with Crippen LogP contribution in [0.4, 0.5) is 0 Å². The largest absolute Gasteiger partial charge is 0.381 e. The van der Waals surface area contributed by atoms with E-state index in [0.29, 0.717) is 12.5 Å². The molecule has 3 heterocycles. The van der Waals surface area contributed by atoms with Gasteiger partial charge >= 0.3 is 0 Å². The van der Waals surface area contributed by atoms with E-state index in [1.165, 1.54) is 5.69 Å². The van der Waals surface area contributed by atoms with Crippen molar-refractivity contribution in [2.75, 3.05) is 32.8 Å². The zero-order valence-electron chi connectivity index (χ0n) is 14.6. The summed E-state index contributed by atoms with van der Waals surface area (Å²) in [5, 5.41) is 4.28. The molecule has 8 heteroatoms. The van der Waals surface area contributed by atoms with Crippen LogP contribution in [0, 0.1) is 11.8 Å². The highest BCUT2D eigenvalue weighted by Crippen LogP contribution is 2.28. The Morgan fingerprint density at radius 3 is 2.72 bits per heavy atom. The second-order valence-corrected chi connectivity index (χ2v) is 9.76. The van der Waals surface area contributed by atoms with Crippen molar-refractivity contribution in [3.05, 3.63) is 18.0 Å². The lowest BCUT2D eigenvalue weighted by atomic mass is 9.99. The maximum absolute atomic E-state index is 12.2. The second-order valence-electron chi connectivity index (χ2n) is 7.71. The minimum absolute atomic E-state index is 0.156. The van der Waals surface area contributed by atoms with Crippen molar-refractivity contribution in [3.8, 4) is 0 Å². The van der Waals surface area contributed by atoms with Gasteiger partial charge in [-0.2, -0.15) is 5.10 Å². The molecule has 1 aromatic heterocycles. The van der Waals surface area contributed by atoms with E-state index in [4.69, 9.17) is 4.74 Å². The molecule has 0 spiro atoms. The van der Waals surface area contributed by atoms with Crippen molar-refractivity contribution >= 4 is 10.0 Å². The fourth-order valence-electron chi connectivity index (χ4n) is 3.91. The molecule has 25 heavy (non-hydrogen) atoms. The first-order chi connectivity index (χ1) is 12.1. The van der Waals surface area contributed by atoms with Crippen LogP contribution in [0.1, 0.15) is 31.4 Å². The van der Waals surface area contributed by atoms with E-state index in [0.717, 1.165) is 65.1 Å². The van der Waals surface area contributed by atoms with Crippen molar-refractivity contribution in [2.45, 2.75) is 44.0 Å². The van der Waals surface area contributed by atoms with Crippen LogP contribution < -0.4 is 4.72 Å². The molecule has 4 rings (SSSR count). The number of aromatic nitrogens is 2. The van der Waals surface area contributed by atoms with Gasteiger partial charge in [0.2, 0.25) is 10.0 Å². The smallest absolute Gasteiger partial charge is 0.214 e. The van der Waals surface area contributed by atoms with Crippen molar-refractivity contribution in [3.63, 3.8) is 0 Å².